The van der Waals surface area contributed by atoms with Crippen LogP contribution in [0.5, 0.6) is 0 Å². The Balaban J connectivity index is 2.26. The molecule has 2 atom stereocenters. The molecule has 0 spiro atoms. The summed E-state index contributed by atoms with van der Waals surface area (Å²) in [6, 6.07) is -0.838. The quantitative estimate of drug-likeness (QED) is 0.777. The van der Waals surface area contributed by atoms with Crippen LogP contribution < -0.4 is 5.32 Å². The van der Waals surface area contributed by atoms with Crippen molar-refractivity contribution in [2.75, 3.05) is 19.3 Å². The summed E-state index contributed by atoms with van der Waals surface area (Å²) in [4.78, 5) is 31.5. The molecule has 1 N–H and O–H groups in total. The molecule has 1 fully saturated rings. The van der Waals surface area contributed by atoms with Gasteiger partial charge in [-0.25, -0.2) is 9.79 Å². The highest BCUT2D eigenvalue weighted by Gasteiger charge is 2.48. The number of rotatable bonds is 4. The third-order valence-corrected chi connectivity index (χ3v) is 4.29. The molecule has 2 unspecified atom stereocenters. The van der Waals surface area contributed by atoms with Crippen LogP contribution in [0.4, 0.5) is 4.79 Å². The summed E-state index contributed by atoms with van der Waals surface area (Å²) in [7, 11) is 1.66. The molecule has 19 heavy (non-hydrogen) atoms. The maximum Gasteiger partial charge on any atom is 0.325 e. The summed E-state index contributed by atoms with van der Waals surface area (Å²) in [5.41, 5.74) is 0. The van der Waals surface area contributed by atoms with Gasteiger partial charge in [-0.1, -0.05) is 24.8 Å². The molecular formula is C12H18N4O2S. The van der Waals surface area contributed by atoms with Gasteiger partial charge in [0.2, 0.25) is 0 Å². The molecule has 2 heterocycles. The number of aliphatic imine (C=N–C) groups is 1. The highest BCUT2D eigenvalue weighted by molar-refractivity contribution is 8.13. The number of amides is 3. The van der Waals surface area contributed by atoms with Gasteiger partial charge in [0.1, 0.15) is 0 Å². The fraction of sp³-hybridized carbons (Fsp3) is 0.583. The van der Waals surface area contributed by atoms with Gasteiger partial charge in [0, 0.05) is 19.3 Å². The van der Waals surface area contributed by atoms with E-state index in [2.05, 4.69) is 23.8 Å². The van der Waals surface area contributed by atoms with Crippen LogP contribution in [0, 0.1) is 0 Å². The van der Waals surface area contributed by atoms with Crippen LogP contribution in [-0.4, -0.2) is 58.5 Å². The number of hydrogen-bond acceptors (Lipinski definition) is 5. The van der Waals surface area contributed by atoms with E-state index < -0.39 is 18.2 Å². The smallest absolute Gasteiger partial charge is 0.325 e. The Morgan fingerprint density at radius 3 is 2.89 bits per heavy atom. The minimum Gasteiger partial charge on any atom is -0.332 e. The number of carbonyl (C=O) groups is 2. The van der Waals surface area contributed by atoms with Crippen LogP contribution >= 0.6 is 11.8 Å². The monoisotopic (exact) mass is 282 g/mol. The van der Waals surface area contributed by atoms with Crippen molar-refractivity contribution in [3.63, 3.8) is 0 Å². The number of carbonyl (C=O) groups excluding carboxylic acids is 2. The van der Waals surface area contributed by atoms with E-state index in [1.807, 2.05) is 4.90 Å². The first-order valence-corrected chi connectivity index (χ1v) is 7.24. The number of fused-ring (bicyclic) bond motifs is 1. The van der Waals surface area contributed by atoms with Crippen molar-refractivity contribution in [3.8, 4) is 0 Å². The van der Waals surface area contributed by atoms with Gasteiger partial charge in [-0.15, -0.1) is 6.58 Å². The van der Waals surface area contributed by atoms with Crippen LogP contribution in [0.1, 0.15) is 13.3 Å². The maximum absolute atomic E-state index is 12.0. The second-order valence-corrected chi connectivity index (χ2v) is 5.53. The van der Waals surface area contributed by atoms with Gasteiger partial charge in [0.15, 0.2) is 17.4 Å². The average molecular weight is 282 g/mol. The Labute approximate surface area is 116 Å². The summed E-state index contributed by atoms with van der Waals surface area (Å²) in [6.45, 7) is 6.36. The molecule has 0 saturated carbocycles. The van der Waals surface area contributed by atoms with E-state index in [4.69, 9.17) is 0 Å². The van der Waals surface area contributed by atoms with E-state index in [0.717, 1.165) is 17.3 Å². The van der Waals surface area contributed by atoms with Crippen molar-refractivity contribution >= 4 is 28.9 Å². The van der Waals surface area contributed by atoms with Crippen LogP contribution in [0.3, 0.4) is 0 Å². The van der Waals surface area contributed by atoms with Crippen LogP contribution in [-0.2, 0) is 4.79 Å². The summed E-state index contributed by atoms with van der Waals surface area (Å²) in [5, 5.41) is 3.17. The Bertz CT molecular complexity index is 437. The number of urea groups is 1. The lowest BCUT2D eigenvalue weighted by Gasteiger charge is -2.35. The molecule has 7 heteroatoms. The highest BCUT2D eigenvalue weighted by Crippen LogP contribution is 2.28. The lowest BCUT2D eigenvalue weighted by molar-refractivity contribution is -0.126. The van der Waals surface area contributed by atoms with E-state index in [0.29, 0.717) is 6.54 Å². The van der Waals surface area contributed by atoms with E-state index in [-0.39, 0.29) is 5.91 Å². The lowest BCUT2D eigenvalue weighted by atomic mass is 10.1. The Hall–Kier alpha value is -1.50. The zero-order valence-corrected chi connectivity index (χ0v) is 11.9. The third kappa shape index (κ3) is 2.47. The first-order chi connectivity index (χ1) is 9.10. The lowest BCUT2D eigenvalue weighted by Crippen LogP contribution is -2.63. The first-order valence-electron chi connectivity index (χ1n) is 6.26. The van der Waals surface area contributed by atoms with Crippen LogP contribution in [0.25, 0.3) is 0 Å². The van der Waals surface area contributed by atoms with Gasteiger partial charge in [0.25, 0.3) is 5.91 Å². The average Bonchev–Trinajstić information content (AvgIpc) is 2.74. The van der Waals surface area contributed by atoms with E-state index >= 15 is 0 Å². The number of nitrogens with one attached hydrogen (secondary N) is 1. The number of thioether (sulfide) groups is 1. The molecule has 6 nitrogen and oxygen atoms in total. The van der Waals surface area contributed by atoms with Gasteiger partial charge in [0.05, 0.1) is 0 Å². The van der Waals surface area contributed by atoms with Crippen molar-refractivity contribution in [1.82, 2.24) is 15.1 Å². The molecule has 0 radical (unpaired) electrons. The predicted octanol–water partition coefficient (Wildman–Crippen LogP) is 0.864. The molecule has 3 amide bonds. The molecule has 2 aliphatic heterocycles. The molecular weight excluding hydrogens is 264 g/mol. The molecule has 2 rings (SSSR count). The Morgan fingerprint density at radius 2 is 2.26 bits per heavy atom. The number of amidine groups is 1. The Kier molecular flexibility index (Phi) is 4.14. The SMILES string of the molecule is C=CCN1C(SCCC)=NC2C1C(=O)NC(=O)N2C. The molecule has 0 aromatic rings. The van der Waals surface area contributed by atoms with Gasteiger partial charge in [-0.2, -0.15) is 0 Å². The van der Waals surface area contributed by atoms with Crippen molar-refractivity contribution in [2.24, 2.45) is 4.99 Å². The second kappa shape index (κ2) is 5.64. The third-order valence-electron chi connectivity index (χ3n) is 3.08. The topological polar surface area (TPSA) is 65.0 Å². The van der Waals surface area contributed by atoms with Gasteiger partial charge in [-0.3, -0.25) is 10.1 Å². The maximum atomic E-state index is 12.0. The van der Waals surface area contributed by atoms with Gasteiger partial charge in [-0.05, 0) is 6.42 Å². The minimum absolute atomic E-state index is 0.286. The normalized spacial score (nSPS) is 26.1. The highest BCUT2D eigenvalue weighted by atomic mass is 32.2. The number of imide groups is 1. The number of nitrogens with zero attached hydrogens (tertiary/aromatic N) is 3. The molecule has 2 aliphatic rings. The van der Waals surface area contributed by atoms with Crippen molar-refractivity contribution in [3.05, 3.63) is 12.7 Å². The van der Waals surface area contributed by atoms with Crippen LogP contribution in [0.15, 0.2) is 17.6 Å². The molecule has 0 bridgehead atoms. The summed E-state index contributed by atoms with van der Waals surface area (Å²) >= 11 is 1.61. The molecule has 0 aromatic heterocycles. The first kappa shape index (κ1) is 13.9. The number of likely N-dealkylation sites (N-methyl/N-ethyl adjacent to an activating group) is 1. The molecule has 0 aliphatic carbocycles. The fourth-order valence-electron chi connectivity index (χ4n) is 2.15. The zero-order valence-electron chi connectivity index (χ0n) is 11.1. The van der Waals surface area contributed by atoms with Crippen molar-refractivity contribution < 1.29 is 9.59 Å². The fourth-order valence-corrected chi connectivity index (χ4v) is 3.07. The molecule has 1 saturated heterocycles. The summed E-state index contributed by atoms with van der Waals surface area (Å²) in [6.07, 6.45) is 2.34. The molecule has 0 aromatic carbocycles. The van der Waals surface area contributed by atoms with Gasteiger partial charge < -0.3 is 9.80 Å². The van der Waals surface area contributed by atoms with E-state index in [1.54, 1.807) is 24.9 Å². The summed E-state index contributed by atoms with van der Waals surface area (Å²) in [5.74, 6) is 0.649. The zero-order chi connectivity index (χ0) is 14.0. The summed E-state index contributed by atoms with van der Waals surface area (Å²) < 4.78 is 0. The van der Waals surface area contributed by atoms with Gasteiger partial charge >= 0.3 is 6.03 Å². The Morgan fingerprint density at radius 1 is 1.53 bits per heavy atom. The second-order valence-electron chi connectivity index (χ2n) is 4.46. The predicted molar refractivity (Wildman–Crippen MR) is 76.0 cm³/mol. The largest absolute Gasteiger partial charge is 0.332 e. The van der Waals surface area contributed by atoms with Crippen molar-refractivity contribution in [2.45, 2.75) is 25.6 Å². The number of hydrogen-bond donors (Lipinski definition) is 1. The van der Waals surface area contributed by atoms with Crippen molar-refractivity contribution in [1.29, 1.82) is 0 Å². The standard InChI is InChI=1S/C12H18N4O2S/c1-4-6-16-8-9(13-12(16)19-7-5-2)15(3)11(18)14-10(8)17/h4,8-9H,1,5-7H2,2-3H3,(H,14,17,18). The van der Waals surface area contributed by atoms with E-state index in [9.17, 15) is 9.59 Å². The molecule has 104 valence electrons. The van der Waals surface area contributed by atoms with E-state index in [1.165, 1.54) is 4.90 Å². The van der Waals surface area contributed by atoms with Crippen LogP contribution in [0.2, 0.25) is 0 Å². The minimum atomic E-state index is -0.444.